The molecule has 2 aromatic carbocycles. The Morgan fingerprint density at radius 2 is 1.54 bits per heavy atom. The normalized spacial score (nSPS) is 15.6. The smallest absolute Gasteiger partial charge is 0.248 e. The van der Waals surface area contributed by atoms with Crippen LogP contribution in [0.4, 0.5) is 4.39 Å². The van der Waals surface area contributed by atoms with Crippen LogP contribution < -0.4 is 0 Å². The van der Waals surface area contributed by atoms with Crippen LogP contribution in [0.25, 0.3) is 22.9 Å². The van der Waals surface area contributed by atoms with Crippen LogP contribution in [0.5, 0.6) is 0 Å². The SMILES string of the molecule is O=S(=O)(c1cc(-c2nnc(-c3ccc(F)cc3)o2)ccc1Cl)N1CCCCC1. The average Bonchev–Trinajstić information content (AvgIpc) is 3.19. The predicted octanol–water partition coefficient (Wildman–Crippen LogP) is 4.37. The summed E-state index contributed by atoms with van der Waals surface area (Å²) in [7, 11) is -3.70. The van der Waals surface area contributed by atoms with E-state index in [0.717, 1.165) is 19.3 Å². The van der Waals surface area contributed by atoms with E-state index in [1.165, 1.54) is 40.7 Å². The van der Waals surface area contributed by atoms with Crippen molar-refractivity contribution in [3.8, 4) is 22.9 Å². The van der Waals surface area contributed by atoms with Gasteiger partial charge in [0, 0.05) is 24.2 Å². The van der Waals surface area contributed by atoms with Gasteiger partial charge < -0.3 is 4.42 Å². The third-order valence-electron chi connectivity index (χ3n) is 4.63. The van der Waals surface area contributed by atoms with E-state index in [2.05, 4.69) is 10.2 Å². The number of sulfonamides is 1. The van der Waals surface area contributed by atoms with Gasteiger partial charge >= 0.3 is 0 Å². The molecule has 0 radical (unpaired) electrons. The van der Waals surface area contributed by atoms with Crippen LogP contribution >= 0.6 is 11.6 Å². The lowest BCUT2D eigenvalue weighted by Crippen LogP contribution is -2.35. The van der Waals surface area contributed by atoms with E-state index >= 15 is 0 Å². The van der Waals surface area contributed by atoms with Crippen LogP contribution in [0.1, 0.15) is 19.3 Å². The van der Waals surface area contributed by atoms with Crippen molar-refractivity contribution in [3.63, 3.8) is 0 Å². The van der Waals surface area contributed by atoms with E-state index in [1.807, 2.05) is 0 Å². The van der Waals surface area contributed by atoms with Gasteiger partial charge in [-0.1, -0.05) is 18.0 Å². The van der Waals surface area contributed by atoms with Crippen LogP contribution in [0.15, 0.2) is 51.8 Å². The van der Waals surface area contributed by atoms with E-state index in [4.69, 9.17) is 16.0 Å². The average molecular weight is 422 g/mol. The highest BCUT2D eigenvalue weighted by Crippen LogP contribution is 2.32. The summed E-state index contributed by atoms with van der Waals surface area (Å²) in [6, 6.07) is 10.2. The van der Waals surface area contributed by atoms with Gasteiger partial charge in [0.25, 0.3) is 0 Å². The van der Waals surface area contributed by atoms with Crippen molar-refractivity contribution < 1.29 is 17.2 Å². The summed E-state index contributed by atoms with van der Waals surface area (Å²) >= 11 is 6.20. The van der Waals surface area contributed by atoms with Gasteiger partial charge in [0.15, 0.2) is 0 Å². The maximum Gasteiger partial charge on any atom is 0.248 e. The zero-order valence-electron chi connectivity index (χ0n) is 14.8. The highest BCUT2D eigenvalue weighted by atomic mass is 35.5. The summed E-state index contributed by atoms with van der Waals surface area (Å²) < 4.78 is 46.2. The van der Waals surface area contributed by atoms with Gasteiger partial charge in [-0.2, -0.15) is 4.31 Å². The fraction of sp³-hybridized carbons (Fsp3) is 0.263. The monoisotopic (exact) mass is 421 g/mol. The minimum Gasteiger partial charge on any atom is -0.416 e. The van der Waals surface area contributed by atoms with Gasteiger partial charge in [-0.15, -0.1) is 10.2 Å². The molecule has 0 N–H and O–H groups in total. The summed E-state index contributed by atoms with van der Waals surface area (Å²) in [6.07, 6.45) is 2.69. The molecule has 0 amide bonds. The van der Waals surface area contributed by atoms with E-state index in [9.17, 15) is 12.8 Å². The van der Waals surface area contributed by atoms with Crippen LogP contribution in [0, 0.1) is 5.82 Å². The van der Waals surface area contributed by atoms with Crippen molar-refractivity contribution in [1.82, 2.24) is 14.5 Å². The summed E-state index contributed by atoms with van der Waals surface area (Å²) in [5.41, 5.74) is 1.01. The molecule has 6 nitrogen and oxygen atoms in total. The zero-order chi connectivity index (χ0) is 19.7. The Kier molecular flexibility index (Phi) is 5.18. The molecular formula is C19H17ClFN3O3S. The molecule has 1 aliphatic heterocycles. The first-order chi connectivity index (χ1) is 13.4. The summed E-state index contributed by atoms with van der Waals surface area (Å²) in [5, 5.41) is 8.10. The molecule has 0 spiro atoms. The number of halogens is 2. The Balaban J connectivity index is 1.68. The van der Waals surface area contributed by atoms with Gasteiger partial charge in [0.05, 0.1) is 5.02 Å². The minimum absolute atomic E-state index is 0.0232. The Morgan fingerprint density at radius 1 is 0.929 bits per heavy atom. The molecule has 28 heavy (non-hydrogen) atoms. The highest BCUT2D eigenvalue weighted by Gasteiger charge is 2.28. The predicted molar refractivity (Wildman–Crippen MR) is 103 cm³/mol. The Hall–Kier alpha value is -2.29. The van der Waals surface area contributed by atoms with E-state index in [-0.39, 0.29) is 27.5 Å². The van der Waals surface area contributed by atoms with E-state index in [1.54, 1.807) is 6.07 Å². The van der Waals surface area contributed by atoms with Gasteiger partial charge in [0.1, 0.15) is 10.7 Å². The van der Waals surface area contributed by atoms with Crippen LogP contribution in [0.3, 0.4) is 0 Å². The molecule has 0 bridgehead atoms. The van der Waals surface area contributed by atoms with Crippen molar-refractivity contribution in [3.05, 3.63) is 53.3 Å². The quantitative estimate of drug-likeness (QED) is 0.625. The molecular weight excluding hydrogens is 405 g/mol. The largest absolute Gasteiger partial charge is 0.416 e. The lowest BCUT2D eigenvalue weighted by Gasteiger charge is -2.26. The molecule has 1 aliphatic rings. The summed E-state index contributed by atoms with van der Waals surface area (Å²) in [4.78, 5) is 0.0232. The second kappa shape index (κ2) is 7.62. The molecule has 0 aliphatic carbocycles. The van der Waals surface area contributed by atoms with Crippen molar-refractivity contribution in [2.75, 3.05) is 13.1 Å². The number of hydrogen-bond donors (Lipinski definition) is 0. The number of nitrogens with zero attached hydrogens (tertiary/aromatic N) is 3. The molecule has 146 valence electrons. The maximum atomic E-state index is 13.1. The number of aromatic nitrogens is 2. The lowest BCUT2D eigenvalue weighted by atomic mass is 10.2. The minimum atomic E-state index is -3.70. The van der Waals surface area contributed by atoms with E-state index < -0.39 is 10.0 Å². The third kappa shape index (κ3) is 3.67. The van der Waals surface area contributed by atoms with Crippen molar-refractivity contribution in [2.45, 2.75) is 24.2 Å². The fourth-order valence-corrected chi connectivity index (χ4v) is 5.14. The molecule has 3 aromatic rings. The Bertz CT molecular complexity index is 1090. The second-order valence-corrected chi connectivity index (χ2v) is 8.84. The molecule has 0 saturated carbocycles. The number of benzene rings is 2. The fourth-order valence-electron chi connectivity index (χ4n) is 3.13. The van der Waals surface area contributed by atoms with Crippen molar-refractivity contribution in [1.29, 1.82) is 0 Å². The standard InChI is InChI=1S/C19H17ClFN3O3S/c20-16-9-6-14(12-17(16)28(25,26)24-10-2-1-3-11-24)19-23-22-18(27-19)13-4-7-15(21)8-5-13/h4-9,12H,1-3,10-11H2. The van der Waals surface area contributed by atoms with Gasteiger partial charge in [-0.05, 0) is 55.3 Å². The summed E-state index contributed by atoms with van der Waals surface area (Å²) in [6.45, 7) is 0.969. The zero-order valence-corrected chi connectivity index (χ0v) is 16.4. The Labute approximate surface area is 167 Å². The van der Waals surface area contributed by atoms with Crippen LogP contribution in [0.2, 0.25) is 5.02 Å². The highest BCUT2D eigenvalue weighted by molar-refractivity contribution is 7.89. The molecule has 1 aromatic heterocycles. The Morgan fingerprint density at radius 3 is 2.21 bits per heavy atom. The maximum absolute atomic E-state index is 13.1. The first-order valence-corrected chi connectivity index (χ1v) is 10.7. The van der Waals surface area contributed by atoms with Crippen LogP contribution in [-0.2, 0) is 10.0 Å². The molecule has 1 saturated heterocycles. The van der Waals surface area contributed by atoms with Crippen molar-refractivity contribution in [2.24, 2.45) is 0 Å². The molecule has 0 atom stereocenters. The van der Waals surface area contributed by atoms with Crippen LogP contribution in [-0.4, -0.2) is 36.0 Å². The number of piperidine rings is 1. The molecule has 2 heterocycles. The number of hydrogen-bond acceptors (Lipinski definition) is 5. The van der Waals surface area contributed by atoms with Crippen molar-refractivity contribution >= 4 is 21.6 Å². The first kappa shape index (κ1) is 19.0. The summed E-state index contributed by atoms with van der Waals surface area (Å²) in [5.74, 6) is 0.00484. The first-order valence-electron chi connectivity index (χ1n) is 8.85. The molecule has 1 fully saturated rings. The number of rotatable bonds is 4. The second-order valence-electron chi connectivity index (χ2n) is 6.53. The molecule has 0 unspecified atom stereocenters. The topological polar surface area (TPSA) is 76.3 Å². The molecule has 4 rings (SSSR count). The van der Waals surface area contributed by atoms with Gasteiger partial charge in [-0.3, -0.25) is 0 Å². The van der Waals surface area contributed by atoms with Gasteiger partial charge in [0.2, 0.25) is 21.8 Å². The molecule has 9 heteroatoms. The van der Waals surface area contributed by atoms with E-state index in [0.29, 0.717) is 24.2 Å². The third-order valence-corrected chi connectivity index (χ3v) is 7.01. The lowest BCUT2D eigenvalue weighted by molar-refractivity contribution is 0.346. The van der Waals surface area contributed by atoms with Gasteiger partial charge in [-0.25, -0.2) is 12.8 Å².